The molecule has 0 aromatic heterocycles. The normalized spacial score (nSPS) is 27.2. The molecule has 2 fully saturated rings. The van der Waals surface area contributed by atoms with Crippen LogP contribution in [0.5, 0.6) is 11.5 Å². The number of aliphatic hydroxyl groups is 2. The van der Waals surface area contributed by atoms with Gasteiger partial charge in [-0.3, -0.25) is 0 Å². The zero-order valence-corrected chi connectivity index (χ0v) is 26.6. The molecule has 0 saturated carbocycles. The van der Waals surface area contributed by atoms with Crippen molar-refractivity contribution >= 4 is 0 Å². The summed E-state index contributed by atoms with van der Waals surface area (Å²) in [5.41, 5.74) is 1.75. The van der Waals surface area contributed by atoms with Gasteiger partial charge in [0.1, 0.15) is 11.5 Å². The second-order valence-corrected chi connectivity index (χ2v) is 12.7. The number of phenolic OH excluding ortho intramolecular Hbond substituents is 2. The number of rotatable bonds is 17. The maximum absolute atomic E-state index is 11.1. The molecule has 8 atom stereocenters. The topological polar surface area (TPSA) is 118 Å². The highest BCUT2D eigenvalue weighted by atomic mass is 16.7. The number of ether oxygens (including phenoxy) is 4. The summed E-state index contributed by atoms with van der Waals surface area (Å²) in [5, 5.41) is 40.5. The molecule has 0 aliphatic carbocycles. The average Bonchev–Trinajstić information content (AvgIpc) is 3.01. The number of benzene rings is 2. The van der Waals surface area contributed by atoms with E-state index in [1.165, 1.54) is 6.42 Å². The highest BCUT2D eigenvalue weighted by Crippen LogP contribution is 2.36. The molecular formula is C36H54O8. The predicted molar refractivity (Wildman–Crippen MR) is 169 cm³/mol. The minimum Gasteiger partial charge on any atom is -0.508 e. The monoisotopic (exact) mass is 614 g/mol. The summed E-state index contributed by atoms with van der Waals surface area (Å²) in [4.78, 5) is 0. The van der Waals surface area contributed by atoms with Gasteiger partial charge in [0.15, 0.2) is 12.6 Å². The highest BCUT2D eigenvalue weighted by molar-refractivity contribution is 5.27. The molecule has 0 amide bonds. The third kappa shape index (κ3) is 11.3. The molecule has 2 aliphatic heterocycles. The Labute approximate surface area is 263 Å². The molecule has 2 heterocycles. The van der Waals surface area contributed by atoms with E-state index in [1.54, 1.807) is 24.3 Å². The van der Waals surface area contributed by atoms with Gasteiger partial charge in [-0.05, 0) is 82.1 Å². The van der Waals surface area contributed by atoms with Gasteiger partial charge in [0.2, 0.25) is 0 Å². The van der Waals surface area contributed by atoms with Gasteiger partial charge in [-0.2, -0.15) is 0 Å². The molecule has 4 rings (SSSR count). The number of aromatic hydroxyl groups is 2. The summed E-state index contributed by atoms with van der Waals surface area (Å²) in [6, 6.07) is 13.9. The average molecular weight is 615 g/mol. The Morgan fingerprint density at radius 3 is 1.50 bits per heavy atom. The van der Waals surface area contributed by atoms with Crippen LogP contribution < -0.4 is 0 Å². The van der Waals surface area contributed by atoms with Crippen molar-refractivity contribution in [1.82, 2.24) is 0 Å². The van der Waals surface area contributed by atoms with Crippen molar-refractivity contribution in [2.75, 3.05) is 0 Å². The molecular weight excluding hydrogens is 560 g/mol. The molecule has 2 aromatic rings. The third-order valence-electron chi connectivity index (χ3n) is 8.91. The summed E-state index contributed by atoms with van der Waals surface area (Å²) in [6.07, 6.45) is 10.3. The maximum atomic E-state index is 11.1. The summed E-state index contributed by atoms with van der Waals surface area (Å²) >= 11 is 0. The number of phenols is 2. The van der Waals surface area contributed by atoms with Gasteiger partial charge >= 0.3 is 0 Å². The molecule has 0 spiro atoms. The van der Waals surface area contributed by atoms with Crippen molar-refractivity contribution in [2.45, 2.75) is 153 Å². The van der Waals surface area contributed by atoms with Gasteiger partial charge in [0, 0.05) is 24.0 Å². The van der Waals surface area contributed by atoms with Crippen molar-refractivity contribution in [3.05, 3.63) is 59.7 Å². The highest BCUT2D eigenvalue weighted by Gasteiger charge is 2.33. The Balaban J connectivity index is 1.29. The largest absolute Gasteiger partial charge is 0.508 e. The predicted octanol–water partition coefficient (Wildman–Crippen LogP) is 7.59. The number of unbranched alkanes of at least 4 members (excludes halogenated alkanes) is 2. The minimum atomic E-state index is -0.504. The Hall–Kier alpha value is -2.20. The second kappa shape index (κ2) is 18.1. The van der Waals surface area contributed by atoms with Crippen LogP contribution in [0.1, 0.15) is 127 Å². The lowest BCUT2D eigenvalue weighted by atomic mass is 9.95. The van der Waals surface area contributed by atoms with Crippen LogP contribution in [-0.2, 0) is 18.9 Å². The van der Waals surface area contributed by atoms with E-state index in [0.29, 0.717) is 12.8 Å². The van der Waals surface area contributed by atoms with Crippen molar-refractivity contribution in [2.24, 2.45) is 0 Å². The molecule has 0 radical (unpaired) electrons. The molecule has 2 aromatic carbocycles. The van der Waals surface area contributed by atoms with Crippen LogP contribution in [0.25, 0.3) is 0 Å². The lowest BCUT2D eigenvalue weighted by Crippen LogP contribution is -2.36. The number of hydrogen-bond donors (Lipinski definition) is 4. The molecule has 246 valence electrons. The first-order valence-electron chi connectivity index (χ1n) is 16.9. The Kier molecular flexibility index (Phi) is 14.2. The molecule has 4 N–H and O–H groups in total. The zero-order chi connectivity index (χ0) is 31.3. The smallest absolute Gasteiger partial charge is 0.184 e. The van der Waals surface area contributed by atoms with E-state index < -0.39 is 18.7 Å². The molecule has 0 bridgehead atoms. The zero-order valence-electron chi connectivity index (χ0n) is 26.6. The van der Waals surface area contributed by atoms with Gasteiger partial charge < -0.3 is 39.4 Å². The standard InChI is InChI=1S/C36H54O8/c1-3-5-6-11-31-24-34(44-36(41-31)26-16-20-29(39)21-17-26)22-30(40)10-8-13-33-23-32(12-7-9-27(37)4-2)42-35(43-33)25-14-18-28(38)19-15-25/h14-21,27,30-40H,3-13,22-24H2,1-2H3. The lowest BCUT2D eigenvalue weighted by molar-refractivity contribution is -0.253. The van der Waals surface area contributed by atoms with E-state index in [9.17, 15) is 20.4 Å². The van der Waals surface area contributed by atoms with E-state index in [1.807, 2.05) is 31.2 Å². The number of hydrogen-bond acceptors (Lipinski definition) is 8. The van der Waals surface area contributed by atoms with Crippen LogP contribution in [0, 0.1) is 0 Å². The minimum absolute atomic E-state index is 0.00277. The first-order chi connectivity index (χ1) is 21.3. The molecule has 8 heteroatoms. The van der Waals surface area contributed by atoms with E-state index in [4.69, 9.17) is 18.9 Å². The van der Waals surface area contributed by atoms with Crippen LogP contribution in [-0.4, -0.2) is 57.0 Å². The van der Waals surface area contributed by atoms with Crippen LogP contribution in [0.15, 0.2) is 48.5 Å². The molecule has 44 heavy (non-hydrogen) atoms. The second-order valence-electron chi connectivity index (χ2n) is 12.7. The van der Waals surface area contributed by atoms with Crippen LogP contribution in [0.4, 0.5) is 0 Å². The maximum Gasteiger partial charge on any atom is 0.184 e. The summed E-state index contributed by atoms with van der Waals surface area (Å²) in [6.45, 7) is 4.19. The molecule has 8 nitrogen and oxygen atoms in total. The Bertz CT molecular complexity index is 1060. The SMILES string of the molecule is CCCCCC1CC(CC(O)CCCC2CC(CCCC(O)CC)OC(c3ccc(O)cc3)O2)OC(c2ccc(O)cc2)O1. The van der Waals surface area contributed by atoms with Gasteiger partial charge in [0.25, 0.3) is 0 Å². The Morgan fingerprint density at radius 2 is 1.02 bits per heavy atom. The van der Waals surface area contributed by atoms with Crippen molar-refractivity contribution in [3.8, 4) is 11.5 Å². The molecule has 2 saturated heterocycles. The van der Waals surface area contributed by atoms with Gasteiger partial charge in [-0.1, -0.05) is 57.4 Å². The first-order valence-corrected chi connectivity index (χ1v) is 16.9. The summed E-state index contributed by atoms with van der Waals surface area (Å²) in [7, 11) is 0. The van der Waals surface area contributed by atoms with Gasteiger partial charge in [-0.15, -0.1) is 0 Å². The molecule has 8 unspecified atom stereocenters. The summed E-state index contributed by atoms with van der Waals surface area (Å²) in [5.74, 6) is 0.413. The van der Waals surface area contributed by atoms with E-state index >= 15 is 0 Å². The molecule has 2 aliphatic rings. The fourth-order valence-corrected chi connectivity index (χ4v) is 6.27. The van der Waals surface area contributed by atoms with Crippen molar-refractivity contribution < 1.29 is 39.4 Å². The van der Waals surface area contributed by atoms with E-state index in [-0.39, 0.29) is 42.0 Å². The summed E-state index contributed by atoms with van der Waals surface area (Å²) < 4.78 is 25.3. The quantitative estimate of drug-likeness (QED) is 0.135. The fourth-order valence-electron chi connectivity index (χ4n) is 6.27. The third-order valence-corrected chi connectivity index (χ3v) is 8.91. The van der Waals surface area contributed by atoms with E-state index in [2.05, 4.69) is 6.92 Å². The van der Waals surface area contributed by atoms with Crippen LogP contribution in [0.2, 0.25) is 0 Å². The van der Waals surface area contributed by atoms with Crippen molar-refractivity contribution in [3.63, 3.8) is 0 Å². The van der Waals surface area contributed by atoms with Gasteiger partial charge in [0.05, 0.1) is 36.6 Å². The first kappa shape index (κ1) is 34.7. The van der Waals surface area contributed by atoms with Crippen LogP contribution >= 0.6 is 0 Å². The Morgan fingerprint density at radius 1 is 0.591 bits per heavy atom. The van der Waals surface area contributed by atoms with Crippen molar-refractivity contribution in [1.29, 1.82) is 0 Å². The van der Waals surface area contributed by atoms with E-state index in [0.717, 1.165) is 81.8 Å². The fraction of sp³-hybridized carbons (Fsp3) is 0.667. The van der Waals surface area contributed by atoms with Gasteiger partial charge in [-0.25, -0.2) is 0 Å². The number of aliphatic hydroxyl groups excluding tert-OH is 2. The van der Waals surface area contributed by atoms with Crippen LogP contribution in [0.3, 0.4) is 0 Å². The lowest BCUT2D eigenvalue weighted by Gasteiger charge is -2.37.